The number of hydrogen-bond donors (Lipinski definition) is 2. The van der Waals surface area contributed by atoms with Crippen LogP contribution in [0, 0.1) is 0 Å². The van der Waals surface area contributed by atoms with Gasteiger partial charge in [-0.3, -0.25) is 9.97 Å². The lowest BCUT2D eigenvalue weighted by Crippen LogP contribution is -1.98. The number of H-pyrrole nitrogens is 1. The first-order valence-corrected chi connectivity index (χ1v) is 6.00. The summed E-state index contributed by atoms with van der Waals surface area (Å²) < 4.78 is 0. The Labute approximate surface area is 110 Å². The lowest BCUT2D eigenvalue weighted by Gasteiger charge is -2.00. The maximum absolute atomic E-state index is 5.65. The van der Waals surface area contributed by atoms with Crippen LogP contribution in [0.15, 0.2) is 48.8 Å². The van der Waals surface area contributed by atoms with Crippen LogP contribution < -0.4 is 5.73 Å². The van der Waals surface area contributed by atoms with Gasteiger partial charge in [0.15, 0.2) is 0 Å². The first kappa shape index (κ1) is 11.6. The summed E-state index contributed by atoms with van der Waals surface area (Å²) in [7, 11) is 0. The molecule has 0 atom stereocenters. The van der Waals surface area contributed by atoms with E-state index in [-0.39, 0.29) is 0 Å². The average molecular weight is 251 g/mol. The van der Waals surface area contributed by atoms with Crippen LogP contribution in [0.5, 0.6) is 0 Å². The molecule has 0 saturated carbocycles. The highest BCUT2D eigenvalue weighted by Crippen LogP contribution is 2.27. The molecule has 0 bridgehead atoms. The van der Waals surface area contributed by atoms with Crippen molar-refractivity contribution in [1.82, 2.24) is 19.9 Å². The fraction of sp³-hybridized carbons (Fsp3) is 0.0714. The Morgan fingerprint density at radius 2 is 1.63 bits per heavy atom. The second kappa shape index (κ2) is 4.99. The van der Waals surface area contributed by atoms with Crippen LogP contribution in [0.4, 0.5) is 0 Å². The van der Waals surface area contributed by atoms with Crippen molar-refractivity contribution in [3.05, 3.63) is 54.6 Å². The molecule has 19 heavy (non-hydrogen) atoms. The van der Waals surface area contributed by atoms with Crippen molar-refractivity contribution in [2.45, 2.75) is 6.54 Å². The zero-order chi connectivity index (χ0) is 13.1. The van der Waals surface area contributed by atoms with E-state index >= 15 is 0 Å². The molecule has 0 aliphatic rings. The molecule has 0 fully saturated rings. The topological polar surface area (TPSA) is 80.5 Å². The number of nitrogens with zero attached hydrogens (tertiary/aromatic N) is 3. The molecule has 3 aromatic rings. The predicted molar refractivity (Wildman–Crippen MR) is 72.9 cm³/mol. The van der Waals surface area contributed by atoms with E-state index in [9.17, 15) is 0 Å². The molecule has 0 radical (unpaired) electrons. The lowest BCUT2D eigenvalue weighted by atomic mass is 10.2. The fourth-order valence-corrected chi connectivity index (χ4v) is 1.90. The summed E-state index contributed by atoms with van der Waals surface area (Å²) in [6.07, 6.45) is 3.49. The van der Waals surface area contributed by atoms with Crippen molar-refractivity contribution in [3.8, 4) is 22.8 Å². The minimum absolute atomic E-state index is 0.354. The van der Waals surface area contributed by atoms with E-state index in [1.807, 2.05) is 36.4 Å². The van der Waals surface area contributed by atoms with Crippen molar-refractivity contribution < 1.29 is 0 Å². The summed E-state index contributed by atoms with van der Waals surface area (Å²) in [6, 6.07) is 11.5. The standard InChI is InChI=1S/C14H13N5/c15-9-12-18-13(10-5-1-3-7-16-10)14(19-12)11-6-2-4-8-17-11/h1-8H,9,15H2,(H,18,19). The first-order chi connectivity index (χ1) is 9.38. The molecule has 3 rings (SSSR count). The zero-order valence-corrected chi connectivity index (χ0v) is 10.2. The average Bonchev–Trinajstić information content (AvgIpc) is 2.93. The summed E-state index contributed by atoms with van der Waals surface area (Å²) in [5.74, 6) is 0.723. The zero-order valence-electron chi connectivity index (χ0n) is 10.2. The largest absolute Gasteiger partial charge is 0.339 e. The third kappa shape index (κ3) is 2.23. The van der Waals surface area contributed by atoms with E-state index < -0.39 is 0 Å². The van der Waals surface area contributed by atoms with E-state index in [4.69, 9.17) is 5.73 Å². The Morgan fingerprint density at radius 1 is 0.947 bits per heavy atom. The van der Waals surface area contributed by atoms with Crippen LogP contribution in [-0.4, -0.2) is 19.9 Å². The van der Waals surface area contributed by atoms with Gasteiger partial charge < -0.3 is 10.7 Å². The van der Waals surface area contributed by atoms with Crippen LogP contribution in [-0.2, 0) is 6.54 Å². The first-order valence-electron chi connectivity index (χ1n) is 6.00. The molecule has 0 aromatic carbocycles. The highest BCUT2D eigenvalue weighted by atomic mass is 15.0. The smallest absolute Gasteiger partial charge is 0.121 e. The molecular weight excluding hydrogens is 238 g/mol. The van der Waals surface area contributed by atoms with E-state index in [2.05, 4.69) is 19.9 Å². The molecule has 3 N–H and O–H groups in total. The Morgan fingerprint density at radius 3 is 2.21 bits per heavy atom. The molecule has 94 valence electrons. The van der Waals surface area contributed by atoms with Gasteiger partial charge in [0.05, 0.1) is 23.6 Å². The Hall–Kier alpha value is -2.53. The maximum atomic E-state index is 5.65. The Balaban J connectivity index is 2.17. The molecule has 0 unspecified atom stereocenters. The van der Waals surface area contributed by atoms with E-state index in [0.717, 1.165) is 28.6 Å². The van der Waals surface area contributed by atoms with Crippen molar-refractivity contribution in [1.29, 1.82) is 0 Å². The summed E-state index contributed by atoms with van der Waals surface area (Å²) in [4.78, 5) is 16.4. The minimum atomic E-state index is 0.354. The van der Waals surface area contributed by atoms with Crippen molar-refractivity contribution >= 4 is 0 Å². The van der Waals surface area contributed by atoms with Crippen LogP contribution >= 0.6 is 0 Å². The number of hydrogen-bond acceptors (Lipinski definition) is 4. The van der Waals surface area contributed by atoms with Gasteiger partial charge in [-0.15, -0.1) is 0 Å². The molecular formula is C14H13N5. The monoisotopic (exact) mass is 251 g/mol. The van der Waals surface area contributed by atoms with Crippen molar-refractivity contribution in [2.24, 2.45) is 5.73 Å². The molecule has 0 aliphatic carbocycles. The third-order valence-corrected chi connectivity index (χ3v) is 2.77. The third-order valence-electron chi connectivity index (χ3n) is 2.77. The minimum Gasteiger partial charge on any atom is -0.339 e. The van der Waals surface area contributed by atoms with Crippen molar-refractivity contribution in [2.75, 3.05) is 0 Å². The van der Waals surface area contributed by atoms with Gasteiger partial charge in [-0.2, -0.15) is 0 Å². The van der Waals surface area contributed by atoms with E-state index in [0.29, 0.717) is 6.54 Å². The van der Waals surface area contributed by atoms with Crippen LogP contribution in [0.2, 0.25) is 0 Å². The number of imidazole rings is 1. The number of aromatic amines is 1. The molecule has 5 nitrogen and oxygen atoms in total. The van der Waals surface area contributed by atoms with Crippen LogP contribution in [0.3, 0.4) is 0 Å². The number of aromatic nitrogens is 4. The molecule has 0 aliphatic heterocycles. The van der Waals surface area contributed by atoms with E-state index in [1.54, 1.807) is 12.4 Å². The van der Waals surface area contributed by atoms with Crippen LogP contribution in [0.1, 0.15) is 5.82 Å². The second-order valence-corrected chi connectivity index (χ2v) is 4.04. The summed E-state index contributed by atoms with van der Waals surface area (Å²) >= 11 is 0. The molecule has 3 aromatic heterocycles. The Kier molecular flexibility index (Phi) is 3.04. The number of nitrogens with one attached hydrogen (secondary N) is 1. The van der Waals surface area contributed by atoms with Gasteiger partial charge in [-0.1, -0.05) is 12.1 Å². The highest BCUT2D eigenvalue weighted by Gasteiger charge is 2.14. The number of rotatable bonds is 3. The maximum Gasteiger partial charge on any atom is 0.121 e. The van der Waals surface area contributed by atoms with Gasteiger partial charge in [0.1, 0.15) is 11.5 Å². The second-order valence-electron chi connectivity index (χ2n) is 4.04. The molecule has 0 saturated heterocycles. The molecule has 0 amide bonds. The van der Waals surface area contributed by atoms with Crippen LogP contribution in [0.25, 0.3) is 22.8 Å². The fourth-order valence-electron chi connectivity index (χ4n) is 1.90. The molecule has 3 heterocycles. The van der Waals surface area contributed by atoms with Gasteiger partial charge in [0.25, 0.3) is 0 Å². The molecule has 0 spiro atoms. The SMILES string of the molecule is NCc1nc(-c2ccccn2)c(-c2ccccn2)[nH]1. The van der Waals surface area contributed by atoms with Gasteiger partial charge in [-0.05, 0) is 24.3 Å². The van der Waals surface area contributed by atoms with E-state index in [1.165, 1.54) is 0 Å². The van der Waals surface area contributed by atoms with Gasteiger partial charge in [0, 0.05) is 12.4 Å². The quantitative estimate of drug-likeness (QED) is 0.746. The normalized spacial score (nSPS) is 10.6. The van der Waals surface area contributed by atoms with Crippen molar-refractivity contribution in [3.63, 3.8) is 0 Å². The molecule has 5 heteroatoms. The summed E-state index contributed by atoms with van der Waals surface area (Å²) in [6.45, 7) is 0.354. The number of nitrogens with two attached hydrogens (primary N) is 1. The van der Waals surface area contributed by atoms with Gasteiger partial charge in [-0.25, -0.2) is 4.98 Å². The highest BCUT2D eigenvalue weighted by molar-refractivity contribution is 5.74. The predicted octanol–water partition coefficient (Wildman–Crippen LogP) is 1.99. The summed E-state index contributed by atoms with van der Waals surface area (Å²) in [5, 5.41) is 0. The lowest BCUT2D eigenvalue weighted by molar-refractivity contribution is 0.950. The summed E-state index contributed by atoms with van der Waals surface area (Å²) in [5.41, 5.74) is 8.91. The number of pyridine rings is 2. The van der Waals surface area contributed by atoms with Gasteiger partial charge >= 0.3 is 0 Å². The van der Waals surface area contributed by atoms with Gasteiger partial charge in [0.2, 0.25) is 0 Å². The Bertz CT molecular complexity index is 604.